The maximum atomic E-state index is 14.6. The van der Waals surface area contributed by atoms with Gasteiger partial charge in [-0.3, -0.25) is 0 Å². The summed E-state index contributed by atoms with van der Waals surface area (Å²) < 4.78 is 57.3. The van der Waals surface area contributed by atoms with Gasteiger partial charge in [-0.05, 0) is 66.1 Å². The standard InChI is InChI=1S/C22H19F4N/c1-2-3-4-5-13-8-19(24)21(20(25)9-13)14-6-7-16-15(10-14)11-18(23)17(12-27)22(16)26/h6,8-9,11H,2-5,7,10H2,1H3. The van der Waals surface area contributed by atoms with Gasteiger partial charge in [-0.2, -0.15) is 5.26 Å². The van der Waals surface area contributed by atoms with E-state index in [2.05, 4.69) is 6.92 Å². The third-order valence-electron chi connectivity index (χ3n) is 4.95. The van der Waals surface area contributed by atoms with Crippen LogP contribution in [0.3, 0.4) is 0 Å². The van der Waals surface area contributed by atoms with Crippen LogP contribution in [-0.2, 0) is 19.3 Å². The lowest BCUT2D eigenvalue weighted by Gasteiger charge is -2.20. The molecule has 0 saturated carbocycles. The number of benzene rings is 2. The lowest BCUT2D eigenvalue weighted by atomic mass is 9.86. The number of nitriles is 1. The first kappa shape index (κ1) is 19.2. The van der Waals surface area contributed by atoms with E-state index < -0.39 is 28.8 Å². The fourth-order valence-electron chi connectivity index (χ4n) is 3.54. The van der Waals surface area contributed by atoms with Gasteiger partial charge in [0.15, 0.2) is 0 Å². The second-order valence-electron chi connectivity index (χ2n) is 6.80. The third kappa shape index (κ3) is 3.75. The summed E-state index contributed by atoms with van der Waals surface area (Å²) in [6.07, 6.45) is 5.11. The van der Waals surface area contributed by atoms with E-state index in [1.807, 2.05) is 0 Å². The van der Waals surface area contributed by atoms with Crippen molar-refractivity contribution in [3.8, 4) is 6.07 Å². The first-order chi connectivity index (χ1) is 13.0. The van der Waals surface area contributed by atoms with Crippen molar-refractivity contribution in [1.82, 2.24) is 0 Å². The summed E-state index contributed by atoms with van der Waals surface area (Å²) in [5.74, 6) is -3.17. The van der Waals surface area contributed by atoms with E-state index in [0.29, 0.717) is 23.1 Å². The van der Waals surface area contributed by atoms with Gasteiger partial charge in [0.05, 0.1) is 0 Å². The topological polar surface area (TPSA) is 23.8 Å². The van der Waals surface area contributed by atoms with Crippen LogP contribution >= 0.6 is 0 Å². The molecule has 0 aromatic heterocycles. The summed E-state index contributed by atoms with van der Waals surface area (Å²) in [6.45, 7) is 2.06. The number of nitrogens with zero attached hydrogens (tertiary/aromatic N) is 1. The van der Waals surface area contributed by atoms with Gasteiger partial charge in [0.2, 0.25) is 0 Å². The number of unbranched alkanes of at least 4 members (excludes halogenated alkanes) is 2. The van der Waals surface area contributed by atoms with Gasteiger partial charge in [0, 0.05) is 5.56 Å². The zero-order valence-electron chi connectivity index (χ0n) is 15.0. The first-order valence-electron chi connectivity index (χ1n) is 9.03. The van der Waals surface area contributed by atoms with Crippen molar-refractivity contribution in [3.63, 3.8) is 0 Å². The molecule has 5 heteroatoms. The SMILES string of the molecule is CCCCCc1cc(F)c(C2=CCc3c(cc(F)c(C#N)c3F)C2)c(F)c1. The lowest BCUT2D eigenvalue weighted by molar-refractivity contribution is 0.562. The fourth-order valence-corrected chi connectivity index (χ4v) is 3.54. The number of hydrogen-bond acceptors (Lipinski definition) is 1. The maximum Gasteiger partial charge on any atom is 0.147 e. The molecule has 0 bridgehead atoms. The van der Waals surface area contributed by atoms with Gasteiger partial charge >= 0.3 is 0 Å². The number of halogens is 4. The Kier molecular flexibility index (Phi) is 5.65. The molecule has 0 atom stereocenters. The van der Waals surface area contributed by atoms with Gasteiger partial charge in [-0.25, -0.2) is 17.6 Å². The number of hydrogen-bond donors (Lipinski definition) is 0. The van der Waals surface area contributed by atoms with Gasteiger partial charge in [-0.1, -0.05) is 25.8 Å². The summed E-state index contributed by atoms with van der Waals surface area (Å²) in [5, 5.41) is 8.86. The molecule has 0 amide bonds. The van der Waals surface area contributed by atoms with E-state index in [-0.39, 0.29) is 24.0 Å². The second kappa shape index (κ2) is 7.96. The van der Waals surface area contributed by atoms with Gasteiger partial charge in [-0.15, -0.1) is 0 Å². The Labute approximate surface area is 155 Å². The average Bonchev–Trinajstić information content (AvgIpc) is 2.61. The highest BCUT2D eigenvalue weighted by Crippen LogP contribution is 2.34. The van der Waals surface area contributed by atoms with Crippen molar-refractivity contribution in [2.24, 2.45) is 0 Å². The summed E-state index contributed by atoms with van der Waals surface area (Å²) in [5.41, 5.74) is 0.710. The smallest absolute Gasteiger partial charge is 0.147 e. The van der Waals surface area contributed by atoms with E-state index in [0.717, 1.165) is 25.3 Å². The molecule has 0 saturated heterocycles. The van der Waals surface area contributed by atoms with Crippen molar-refractivity contribution < 1.29 is 17.6 Å². The Balaban J connectivity index is 1.92. The van der Waals surface area contributed by atoms with Crippen LogP contribution in [0.1, 0.15) is 54.0 Å². The normalized spacial score (nSPS) is 13.1. The molecule has 0 fully saturated rings. The predicted octanol–water partition coefficient (Wildman–Crippen LogP) is 6.03. The van der Waals surface area contributed by atoms with Gasteiger partial charge in [0.25, 0.3) is 0 Å². The van der Waals surface area contributed by atoms with Crippen molar-refractivity contribution in [1.29, 1.82) is 5.26 Å². The molecule has 1 aliphatic rings. The summed E-state index contributed by atoms with van der Waals surface area (Å²) in [4.78, 5) is 0. The van der Waals surface area contributed by atoms with E-state index >= 15 is 0 Å². The molecule has 1 nitrogen and oxygen atoms in total. The number of rotatable bonds is 5. The van der Waals surface area contributed by atoms with E-state index in [1.54, 1.807) is 6.08 Å². The maximum absolute atomic E-state index is 14.6. The highest BCUT2D eigenvalue weighted by Gasteiger charge is 2.24. The van der Waals surface area contributed by atoms with Crippen molar-refractivity contribution in [2.45, 2.75) is 45.4 Å². The Bertz CT molecular complexity index is 931. The number of allylic oxidation sites excluding steroid dienone is 2. The summed E-state index contributed by atoms with van der Waals surface area (Å²) >= 11 is 0. The first-order valence-corrected chi connectivity index (χ1v) is 9.03. The fraction of sp³-hybridized carbons (Fsp3) is 0.318. The zero-order valence-corrected chi connectivity index (χ0v) is 15.0. The molecule has 0 unspecified atom stereocenters. The monoisotopic (exact) mass is 373 g/mol. The highest BCUT2D eigenvalue weighted by molar-refractivity contribution is 5.72. The van der Waals surface area contributed by atoms with Crippen LogP contribution in [0.15, 0.2) is 24.3 Å². The Morgan fingerprint density at radius 2 is 1.70 bits per heavy atom. The van der Waals surface area contributed by atoms with Crippen molar-refractivity contribution in [2.75, 3.05) is 0 Å². The number of aryl methyl sites for hydroxylation is 1. The summed E-state index contributed by atoms with van der Waals surface area (Å²) in [7, 11) is 0. The minimum Gasteiger partial charge on any atom is -0.206 e. The minimum atomic E-state index is -0.956. The van der Waals surface area contributed by atoms with Crippen molar-refractivity contribution in [3.05, 3.63) is 75.4 Å². The van der Waals surface area contributed by atoms with Gasteiger partial charge < -0.3 is 0 Å². The predicted molar refractivity (Wildman–Crippen MR) is 96.0 cm³/mol. The average molecular weight is 373 g/mol. The Hall–Kier alpha value is -2.61. The van der Waals surface area contributed by atoms with Crippen LogP contribution in [0.4, 0.5) is 17.6 Å². The molecule has 0 aliphatic heterocycles. The zero-order chi connectivity index (χ0) is 19.6. The van der Waals surface area contributed by atoms with Crippen LogP contribution in [0.25, 0.3) is 5.57 Å². The molecule has 0 N–H and O–H groups in total. The Morgan fingerprint density at radius 1 is 1.00 bits per heavy atom. The largest absolute Gasteiger partial charge is 0.206 e. The molecule has 3 rings (SSSR count). The second-order valence-corrected chi connectivity index (χ2v) is 6.80. The number of fused-ring (bicyclic) bond motifs is 1. The molecule has 2 aromatic rings. The highest BCUT2D eigenvalue weighted by atomic mass is 19.1. The van der Waals surface area contributed by atoms with E-state index in [1.165, 1.54) is 18.2 Å². The van der Waals surface area contributed by atoms with Crippen LogP contribution in [0.5, 0.6) is 0 Å². The van der Waals surface area contributed by atoms with E-state index in [9.17, 15) is 17.6 Å². The molecular weight excluding hydrogens is 354 g/mol. The molecular formula is C22H19F4N. The van der Waals surface area contributed by atoms with Crippen LogP contribution < -0.4 is 0 Å². The molecule has 1 aliphatic carbocycles. The summed E-state index contributed by atoms with van der Waals surface area (Å²) in [6, 6.07) is 5.27. The van der Waals surface area contributed by atoms with Crippen molar-refractivity contribution >= 4 is 5.57 Å². The van der Waals surface area contributed by atoms with Crippen LogP contribution in [0.2, 0.25) is 0 Å². The molecule has 27 heavy (non-hydrogen) atoms. The Morgan fingerprint density at radius 3 is 2.33 bits per heavy atom. The quantitative estimate of drug-likeness (QED) is 0.464. The molecule has 0 spiro atoms. The molecule has 2 aromatic carbocycles. The molecule has 0 heterocycles. The van der Waals surface area contributed by atoms with Crippen LogP contribution in [0, 0.1) is 34.6 Å². The third-order valence-corrected chi connectivity index (χ3v) is 4.95. The van der Waals surface area contributed by atoms with Crippen LogP contribution in [-0.4, -0.2) is 0 Å². The van der Waals surface area contributed by atoms with Gasteiger partial charge in [0.1, 0.15) is 34.9 Å². The lowest BCUT2D eigenvalue weighted by Crippen LogP contribution is -2.10. The van der Waals surface area contributed by atoms with E-state index in [4.69, 9.17) is 5.26 Å². The molecule has 0 radical (unpaired) electrons. The molecule has 140 valence electrons. The minimum absolute atomic E-state index is 0.0118.